The van der Waals surface area contributed by atoms with Crippen LogP contribution in [0.5, 0.6) is 0 Å². The average molecular weight is 1230 g/mol. The first-order chi connectivity index (χ1) is 42.7. The summed E-state index contributed by atoms with van der Waals surface area (Å²) < 4.78 is 6.16. The third kappa shape index (κ3) is 16.2. The van der Waals surface area contributed by atoms with E-state index in [0.717, 1.165) is 113 Å². The van der Waals surface area contributed by atoms with Gasteiger partial charge in [-0.05, 0) is 166 Å². The number of imidazole rings is 3. The summed E-state index contributed by atoms with van der Waals surface area (Å²) >= 11 is 0. The number of carbonyl (C=O) groups is 1. The fourth-order valence-corrected chi connectivity index (χ4v) is 12.0. The molecule has 3 aliphatic carbocycles. The van der Waals surface area contributed by atoms with Gasteiger partial charge in [0.05, 0.1) is 19.0 Å². The highest BCUT2D eigenvalue weighted by atomic mass is 16.1. The van der Waals surface area contributed by atoms with E-state index in [9.17, 15) is 4.79 Å². The number of amides is 1. The maximum absolute atomic E-state index is 11.5. The Hall–Kier alpha value is -8.74. The molecule has 3 aromatic carbocycles. The Balaban J connectivity index is 0.000000160. The summed E-state index contributed by atoms with van der Waals surface area (Å²) in [6, 6.07) is 21.5. The van der Waals surface area contributed by atoms with E-state index in [4.69, 9.17) is 52.8 Å². The van der Waals surface area contributed by atoms with E-state index >= 15 is 0 Å². The molecule has 6 aromatic heterocycles. The number of anilines is 11. The van der Waals surface area contributed by atoms with E-state index in [2.05, 4.69) is 122 Å². The van der Waals surface area contributed by atoms with Crippen LogP contribution in [0.4, 0.5) is 63.7 Å². The summed E-state index contributed by atoms with van der Waals surface area (Å²) in [7, 11) is 0. The van der Waals surface area contributed by atoms with Gasteiger partial charge in [-0.15, -0.1) is 0 Å². The van der Waals surface area contributed by atoms with Crippen LogP contribution in [0.1, 0.15) is 168 Å². The van der Waals surface area contributed by atoms with Crippen LogP contribution in [0.3, 0.4) is 0 Å². The molecule has 3 aliphatic rings. The SMILES string of the molecule is C.CC(=O)Nc1cc(C)cc(Nc2nc(N[C@H]3CCCC[C@@H]3N)nc3c2ncn3C(C)C)c1.Cc1cc(N)cc(Nc2nc(N[C@H]3CCCC[C@@H]3N)nc3c2ncn3C(C)C)c1.Cc1cccc(Nc2nc(N[C@H]3CCCC[C@@H]3N)nc3c2ncn3C(C)C)c1. The quantitative estimate of drug-likeness (QED) is 0.0400. The lowest BCUT2D eigenvalue weighted by Gasteiger charge is -2.29. The van der Waals surface area contributed by atoms with Crippen molar-refractivity contribution >= 4 is 103 Å². The third-order valence-corrected chi connectivity index (χ3v) is 16.6. The van der Waals surface area contributed by atoms with Crippen LogP contribution < -0.4 is 60.2 Å². The van der Waals surface area contributed by atoms with Crippen molar-refractivity contribution in [3.63, 3.8) is 0 Å². The summed E-state index contributed by atoms with van der Waals surface area (Å²) in [5.74, 6) is 3.59. The Kier molecular flexibility index (Phi) is 21.4. The summed E-state index contributed by atoms with van der Waals surface area (Å²) in [5, 5.41) is 23.5. The van der Waals surface area contributed by atoms with Gasteiger partial charge in [-0.2, -0.15) is 29.9 Å². The van der Waals surface area contributed by atoms with Crippen LogP contribution in [-0.4, -0.2) is 101 Å². The van der Waals surface area contributed by atoms with Gasteiger partial charge in [0.15, 0.2) is 50.9 Å². The van der Waals surface area contributed by atoms with Gasteiger partial charge < -0.3 is 73.9 Å². The smallest absolute Gasteiger partial charge is 0.227 e. The zero-order valence-corrected chi connectivity index (χ0v) is 53.3. The average Bonchev–Trinajstić information content (AvgIpc) is 1.62. The molecule has 1 amide bonds. The molecule has 24 heteroatoms. The predicted molar refractivity (Wildman–Crippen MR) is 368 cm³/mol. The molecule has 6 heterocycles. The molecule has 0 bridgehead atoms. The molecule has 90 heavy (non-hydrogen) atoms. The second-order valence-corrected chi connectivity index (χ2v) is 25.2. The summed E-state index contributed by atoms with van der Waals surface area (Å²) in [4.78, 5) is 53.9. The molecule has 0 saturated heterocycles. The molecule has 15 N–H and O–H groups in total. The maximum Gasteiger partial charge on any atom is 0.227 e. The van der Waals surface area contributed by atoms with Crippen LogP contribution in [-0.2, 0) is 4.79 Å². The van der Waals surface area contributed by atoms with Crippen molar-refractivity contribution in [2.45, 2.75) is 208 Å². The first-order valence-electron chi connectivity index (χ1n) is 31.7. The highest BCUT2D eigenvalue weighted by Gasteiger charge is 2.27. The molecule has 9 aromatic rings. The van der Waals surface area contributed by atoms with E-state index in [1.54, 1.807) is 6.33 Å². The molecule has 0 aliphatic heterocycles. The van der Waals surface area contributed by atoms with Crippen molar-refractivity contribution in [3.05, 3.63) is 96.3 Å². The van der Waals surface area contributed by atoms with Gasteiger partial charge >= 0.3 is 0 Å². The number of nitrogens with two attached hydrogens (primary N) is 4. The lowest BCUT2D eigenvalue weighted by molar-refractivity contribution is -0.114. The zero-order chi connectivity index (χ0) is 63.0. The van der Waals surface area contributed by atoms with Crippen LogP contribution >= 0.6 is 0 Å². The summed E-state index contributed by atoms with van der Waals surface area (Å²) in [6.45, 7) is 20.2. The van der Waals surface area contributed by atoms with Crippen LogP contribution in [0.15, 0.2) is 79.6 Å². The van der Waals surface area contributed by atoms with Crippen molar-refractivity contribution < 1.29 is 4.79 Å². The number of hydrogen-bond donors (Lipinski definition) is 11. The Morgan fingerprint density at radius 3 is 1.19 bits per heavy atom. The van der Waals surface area contributed by atoms with Gasteiger partial charge in [-0.1, -0.05) is 58.1 Å². The van der Waals surface area contributed by atoms with Gasteiger partial charge in [-0.3, -0.25) is 4.79 Å². The molecular weight excluding hydrogens is 1130 g/mol. The topological polar surface area (TPSA) is 336 Å². The Morgan fingerprint density at radius 1 is 0.467 bits per heavy atom. The van der Waals surface area contributed by atoms with Crippen LogP contribution in [0.2, 0.25) is 0 Å². The molecule has 0 spiro atoms. The van der Waals surface area contributed by atoms with Crippen molar-refractivity contribution in [1.82, 2.24) is 58.6 Å². The number of fused-ring (bicyclic) bond motifs is 3. The molecule has 480 valence electrons. The molecule has 6 atom stereocenters. The first-order valence-corrected chi connectivity index (χ1v) is 31.7. The Morgan fingerprint density at radius 2 is 0.822 bits per heavy atom. The molecule has 12 rings (SSSR count). The van der Waals surface area contributed by atoms with Gasteiger partial charge in [0.25, 0.3) is 0 Å². The number of nitrogen functional groups attached to an aromatic ring is 1. The molecular formula is C66H95N23O. The fourth-order valence-electron chi connectivity index (χ4n) is 12.0. The molecule has 24 nitrogen and oxygen atoms in total. The van der Waals surface area contributed by atoms with Gasteiger partial charge in [0.1, 0.15) is 0 Å². The van der Waals surface area contributed by atoms with E-state index in [1.807, 2.05) is 79.6 Å². The second-order valence-electron chi connectivity index (χ2n) is 25.2. The van der Waals surface area contributed by atoms with Crippen molar-refractivity contribution in [3.8, 4) is 0 Å². The van der Waals surface area contributed by atoms with E-state index in [0.29, 0.717) is 46.5 Å². The molecule has 3 fully saturated rings. The maximum atomic E-state index is 11.5. The van der Waals surface area contributed by atoms with E-state index in [1.165, 1.54) is 38.2 Å². The minimum atomic E-state index is -0.114. The molecule has 3 saturated carbocycles. The van der Waals surface area contributed by atoms with Crippen LogP contribution in [0.25, 0.3) is 33.5 Å². The van der Waals surface area contributed by atoms with Crippen molar-refractivity contribution in [2.24, 2.45) is 17.2 Å². The highest BCUT2D eigenvalue weighted by Crippen LogP contribution is 2.33. The van der Waals surface area contributed by atoms with Gasteiger partial charge in [0, 0.05) is 89.7 Å². The zero-order valence-electron chi connectivity index (χ0n) is 53.3. The normalized spacial score (nSPS) is 19.2. The summed E-state index contributed by atoms with van der Waals surface area (Å²) in [6.07, 6.45) is 18.6. The number of carbonyl (C=O) groups excluding carboxylic acids is 1. The number of benzene rings is 3. The number of aryl methyl sites for hydroxylation is 3. The fraction of sp³-hybridized carbons (Fsp3) is 0.485. The largest absolute Gasteiger partial charge is 0.399 e. The number of aromatic nitrogens is 12. The Bertz CT molecular complexity index is 3870. The second kappa shape index (κ2) is 29.3. The number of nitrogens with one attached hydrogen (secondary N) is 7. The minimum Gasteiger partial charge on any atom is -0.399 e. The Labute approximate surface area is 528 Å². The minimum absolute atomic E-state index is 0. The number of rotatable bonds is 16. The van der Waals surface area contributed by atoms with E-state index in [-0.39, 0.29) is 67.7 Å². The number of nitrogens with zero attached hydrogens (tertiary/aromatic N) is 12. The first kappa shape index (κ1) is 65.7. The molecule has 0 radical (unpaired) electrons. The van der Waals surface area contributed by atoms with Crippen LogP contribution in [0, 0.1) is 20.8 Å². The standard InChI is InChI=1S/C23H32N8O.C21H30N8.C21H29N7.CH4/c1-13(2)31-12-25-20-21(27-17-10-14(3)9-16(11-17)26-15(4)32)29-23(30-22(20)31)28-19-8-6-5-7-18(19)24;1-12(2)29-11-24-18-19(25-15-9-13(3)8-14(22)10-15)27-21(28-20(18)29)26-17-7-5-4-6-16(17)23;1-13(2)28-12-23-18-19(24-15-8-6-7-14(3)11-15)26-21(27-20(18)28)25-17-10-5-4-9-16(17)22;/h9-13,18-19H,5-8,24H2,1-4H3,(H,26,32)(H2,27,28,29,30);8-12,16-17H,4-7,22-23H2,1-3H3,(H2,25,26,27,28);6-8,11-13,16-17H,4-5,9-10,22H2,1-3H3,(H2,24,25,26,27);1H4/t18-,19-;2*16-,17-;/m000./s1. The predicted octanol–water partition coefficient (Wildman–Crippen LogP) is 12.6. The highest BCUT2D eigenvalue weighted by molar-refractivity contribution is 5.91. The lowest BCUT2D eigenvalue weighted by atomic mass is 9.91. The van der Waals surface area contributed by atoms with Gasteiger partial charge in [0.2, 0.25) is 23.8 Å². The van der Waals surface area contributed by atoms with E-state index < -0.39 is 0 Å². The van der Waals surface area contributed by atoms with Crippen molar-refractivity contribution in [2.75, 3.05) is 43.0 Å². The summed E-state index contributed by atoms with van der Waals surface area (Å²) in [5.41, 5.74) is 37.0. The lowest BCUT2D eigenvalue weighted by Crippen LogP contribution is -2.43. The third-order valence-electron chi connectivity index (χ3n) is 16.6. The van der Waals surface area contributed by atoms with Crippen molar-refractivity contribution in [1.29, 1.82) is 0 Å². The monoisotopic (exact) mass is 1230 g/mol. The number of hydrogen-bond acceptors (Lipinski definition) is 20. The van der Waals surface area contributed by atoms with Gasteiger partial charge in [-0.25, -0.2) is 15.0 Å². The molecule has 0 unspecified atom stereocenters.